The van der Waals surface area contributed by atoms with E-state index in [4.69, 9.17) is 0 Å². The van der Waals surface area contributed by atoms with Gasteiger partial charge in [-0.15, -0.1) is 0 Å². The van der Waals surface area contributed by atoms with Gasteiger partial charge in [0.15, 0.2) is 5.78 Å². The number of aliphatic hydroxyl groups excluding tert-OH is 1. The summed E-state index contributed by atoms with van der Waals surface area (Å²) in [5.41, 5.74) is 1.62. The summed E-state index contributed by atoms with van der Waals surface area (Å²) in [7, 11) is 0. The van der Waals surface area contributed by atoms with Crippen LogP contribution in [-0.4, -0.2) is 17.0 Å². The molecule has 4 aliphatic rings. The molecule has 0 heterocycles. The van der Waals surface area contributed by atoms with Crippen LogP contribution in [0.5, 0.6) is 0 Å². The van der Waals surface area contributed by atoms with Gasteiger partial charge in [-0.25, -0.2) is 0 Å². The van der Waals surface area contributed by atoms with E-state index in [1.807, 2.05) is 6.08 Å². The van der Waals surface area contributed by atoms with Gasteiger partial charge in [0.05, 0.1) is 6.10 Å². The summed E-state index contributed by atoms with van der Waals surface area (Å²) >= 11 is 3.27. The molecule has 2 nitrogen and oxygen atoms in total. The van der Waals surface area contributed by atoms with Crippen LogP contribution < -0.4 is 0 Å². The van der Waals surface area contributed by atoms with E-state index in [-0.39, 0.29) is 16.9 Å². The second kappa shape index (κ2) is 5.99. The normalized spacial score (nSPS) is 47.0. The van der Waals surface area contributed by atoms with Gasteiger partial charge >= 0.3 is 0 Å². The lowest BCUT2D eigenvalue weighted by molar-refractivity contribution is -0.118. The maximum Gasteiger partial charge on any atom is 0.155 e. The van der Waals surface area contributed by atoms with Crippen molar-refractivity contribution in [2.75, 3.05) is 0 Å². The standard InChI is InChI=1S/C21H27BrO2/c1-20-10-8-18-16(17(20)5-6-19(20)24)4-3-14-13-15(23)7-11-21(14,18)9-2-12-22/h13,16-19,24H,3-11H2,1H3/t16-,17-,18-,19-,20-,21-/m0/s1. The first-order valence-corrected chi connectivity index (χ1v) is 10.3. The van der Waals surface area contributed by atoms with Crippen LogP contribution in [0, 0.1) is 39.3 Å². The molecule has 3 saturated carbocycles. The highest BCUT2D eigenvalue weighted by Crippen LogP contribution is 2.66. The number of fused-ring (bicyclic) bond motifs is 5. The number of ketones is 1. The quantitative estimate of drug-likeness (QED) is 0.663. The average molecular weight is 391 g/mol. The lowest BCUT2D eigenvalue weighted by atomic mass is 9.46. The Hall–Kier alpha value is -0.590. The third kappa shape index (κ3) is 2.29. The van der Waals surface area contributed by atoms with Crippen LogP contribution in [0.1, 0.15) is 64.7 Å². The first-order valence-electron chi connectivity index (χ1n) is 9.52. The Bertz CT molecular complexity index is 642. The molecule has 1 N–H and O–H groups in total. The number of hydrogen-bond donors (Lipinski definition) is 1. The third-order valence-corrected chi connectivity index (χ3v) is 8.39. The highest BCUT2D eigenvalue weighted by Gasteiger charge is 2.59. The van der Waals surface area contributed by atoms with Crippen molar-refractivity contribution in [1.29, 1.82) is 0 Å². The van der Waals surface area contributed by atoms with Crippen molar-refractivity contribution >= 4 is 21.7 Å². The molecule has 3 heteroatoms. The van der Waals surface area contributed by atoms with Gasteiger partial charge in [-0.3, -0.25) is 4.79 Å². The first-order chi connectivity index (χ1) is 11.5. The Morgan fingerprint density at radius 2 is 2.04 bits per heavy atom. The molecule has 4 aliphatic carbocycles. The average Bonchev–Trinajstić information content (AvgIpc) is 2.88. The minimum atomic E-state index is -0.119. The minimum Gasteiger partial charge on any atom is -0.393 e. The highest BCUT2D eigenvalue weighted by atomic mass is 79.9. The molecule has 0 bridgehead atoms. The molecule has 3 fully saturated rings. The van der Waals surface area contributed by atoms with E-state index in [0.717, 1.165) is 32.1 Å². The summed E-state index contributed by atoms with van der Waals surface area (Å²) in [5, 5.41) is 10.6. The first kappa shape index (κ1) is 16.9. The molecule has 0 saturated heterocycles. The smallest absolute Gasteiger partial charge is 0.155 e. The fourth-order valence-corrected chi connectivity index (χ4v) is 7.00. The van der Waals surface area contributed by atoms with Crippen LogP contribution in [0.3, 0.4) is 0 Å². The molecule has 0 aromatic heterocycles. The van der Waals surface area contributed by atoms with Crippen LogP contribution in [0.2, 0.25) is 0 Å². The van der Waals surface area contributed by atoms with Gasteiger partial charge in [0.25, 0.3) is 0 Å². The molecule has 0 aromatic carbocycles. The zero-order chi connectivity index (χ0) is 16.9. The van der Waals surface area contributed by atoms with Crippen LogP contribution in [0.15, 0.2) is 11.6 Å². The maximum absolute atomic E-state index is 12.0. The number of carbonyl (C=O) groups is 1. The van der Waals surface area contributed by atoms with Gasteiger partial charge < -0.3 is 5.11 Å². The van der Waals surface area contributed by atoms with Gasteiger partial charge in [0.2, 0.25) is 0 Å². The molecule has 0 spiro atoms. The molecule has 130 valence electrons. The fraction of sp³-hybridized carbons (Fsp3) is 0.762. The Labute approximate surface area is 153 Å². The molecule has 0 amide bonds. The van der Waals surface area contributed by atoms with Crippen LogP contribution in [0.25, 0.3) is 0 Å². The summed E-state index contributed by atoms with van der Waals surface area (Å²) in [5.74, 6) is 5.60. The van der Waals surface area contributed by atoms with Crippen molar-refractivity contribution in [3.8, 4) is 10.8 Å². The number of hydrogen-bond acceptors (Lipinski definition) is 2. The van der Waals surface area contributed by atoms with E-state index in [2.05, 4.69) is 33.6 Å². The van der Waals surface area contributed by atoms with Gasteiger partial charge in [-0.05, 0) is 79.0 Å². The monoisotopic (exact) mass is 390 g/mol. The second-order valence-electron chi connectivity index (χ2n) is 8.79. The van der Waals surface area contributed by atoms with Gasteiger partial charge in [0, 0.05) is 34.2 Å². The minimum absolute atomic E-state index is 0.118. The van der Waals surface area contributed by atoms with Crippen molar-refractivity contribution in [2.24, 2.45) is 28.6 Å². The van der Waals surface area contributed by atoms with Crippen molar-refractivity contribution in [1.82, 2.24) is 0 Å². The van der Waals surface area contributed by atoms with E-state index in [9.17, 15) is 9.90 Å². The Balaban J connectivity index is 1.73. The third-order valence-electron chi connectivity index (χ3n) is 8.11. The van der Waals surface area contributed by atoms with Crippen molar-refractivity contribution in [3.63, 3.8) is 0 Å². The number of halogens is 1. The maximum atomic E-state index is 12.0. The Morgan fingerprint density at radius 1 is 1.21 bits per heavy atom. The zero-order valence-electron chi connectivity index (χ0n) is 14.5. The van der Waals surface area contributed by atoms with Gasteiger partial charge in [-0.1, -0.05) is 18.4 Å². The van der Waals surface area contributed by atoms with Gasteiger partial charge in [-0.2, -0.15) is 0 Å². The fourth-order valence-electron chi connectivity index (χ4n) is 6.86. The van der Waals surface area contributed by atoms with E-state index in [0.29, 0.717) is 30.0 Å². The van der Waals surface area contributed by atoms with Crippen LogP contribution in [-0.2, 0) is 4.79 Å². The topological polar surface area (TPSA) is 37.3 Å². The van der Waals surface area contributed by atoms with Crippen molar-refractivity contribution in [3.05, 3.63) is 11.6 Å². The summed E-state index contributed by atoms with van der Waals surface area (Å²) in [6.45, 7) is 2.33. The molecule has 0 radical (unpaired) electrons. The molecule has 6 atom stereocenters. The number of aliphatic hydroxyl groups is 1. The number of rotatable bonds is 1. The summed E-state index contributed by atoms with van der Waals surface area (Å²) in [4.78, 5) is 14.9. The Kier molecular flexibility index (Phi) is 4.21. The summed E-state index contributed by atoms with van der Waals surface area (Å²) < 4.78 is 0. The summed E-state index contributed by atoms with van der Waals surface area (Å²) in [6, 6.07) is 0. The number of carbonyl (C=O) groups excluding carboxylic acids is 1. The molecule has 0 aromatic rings. The van der Waals surface area contributed by atoms with Crippen LogP contribution >= 0.6 is 15.9 Å². The van der Waals surface area contributed by atoms with Gasteiger partial charge in [0.1, 0.15) is 0 Å². The van der Waals surface area contributed by atoms with Crippen molar-refractivity contribution in [2.45, 2.75) is 70.8 Å². The zero-order valence-corrected chi connectivity index (χ0v) is 16.1. The highest BCUT2D eigenvalue weighted by molar-refractivity contribution is 9.12. The second-order valence-corrected chi connectivity index (χ2v) is 9.19. The van der Waals surface area contributed by atoms with E-state index in [1.165, 1.54) is 24.8 Å². The Morgan fingerprint density at radius 3 is 2.83 bits per heavy atom. The number of allylic oxidation sites excluding steroid dienone is 1. The lowest BCUT2D eigenvalue weighted by Gasteiger charge is -2.58. The molecule has 0 aliphatic heterocycles. The van der Waals surface area contributed by atoms with E-state index >= 15 is 0 Å². The van der Waals surface area contributed by atoms with E-state index in [1.54, 1.807) is 0 Å². The predicted molar refractivity (Wildman–Crippen MR) is 98.4 cm³/mol. The molecular formula is C21H27BrO2. The van der Waals surface area contributed by atoms with Crippen LogP contribution in [0.4, 0.5) is 0 Å². The lowest BCUT2D eigenvalue weighted by Crippen LogP contribution is -2.52. The predicted octanol–water partition coefficient (Wildman–Crippen LogP) is 4.61. The molecule has 24 heavy (non-hydrogen) atoms. The van der Waals surface area contributed by atoms with Crippen molar-refractivity contribution < 1.29 is 9.90 Å². The molecule has 0 unspecified atom stereocenters. The molecule has 4 rings (SSSR count). The molecular weight excluding hydrogens is 364 g/mol. The largest absolute Gasteiger partial charge is 0.393 e. The summed E-state index contributed by atoms with van der Waals surface area (Å²) in [6.07, 6.45) is 11.1. The van der Waals surface area contributed by atoms with E-state index < -0.39 is 0 Å². The SMILES string of the molecule is C[C@]12CC[C@H]3[C@@H](CCC4=CC(=O)CC[C@@]43CC#CBr)[C@@H]1CC[C@@H]2O.